The molecule has 0 bridgehead atoms. The topological polar surface area (TPSA) is 71.1 Å². The zero-order valence-corrected chi connectivity index (χ0v) is 9.83. The van der Waals surface area contributed by atoms with Gasteiger partial charge in [-0.25, -0.2) is 0 Å². The first-order valence-corrected chi connectivity index (χ1v) is 5.71. The molecule has 0 radical (unpaired) electrons. The summed E-state index contributed by atoms with van der Waals surface area (Å²) in [6.45, 7) is 0.461. The third-order valence-corrected chi connectivity index (χ3v) is 2.94. The van der Waals surface area contributed by atoms with Gasteiger partial charge in [-0.05, 0) is 12.5 Å². The number of nitrogens with one attached hydrogen (secondary N) is 2. The van der Waals surface area contributed by atoms with E-state index in [0.717, 1.165) is 0 Å². The molecule has 1 aliphatic heterocycles. The van der Waals surface area contributed by atoms with E-state index in [1.165, 1.54) is 12.4 Å². The van der Waals surface area contributed by atoms with Gasteiger partial charge in [0.15, 0.2) is 0 Å². The molecule has 5 nitrogen and oxygen atoms in total. The molecule has 0 saturated carbocycles. The molecule has 0 spiro atoms. The zero-order chi connectivity index (χ0) is 12.3. The highest BCUT2D eigenvalue weighted by Crippen LogP contribution is 2.14. The van der Waals surface area contributed by atoms with Gasteiger partial charge in [0.25, 0.3) is 5.91 Å². The van der Waals surface area contributed by atoms with Crippen molar-refractivity contribution >= 4 is 23.4 Å². The number of nitrogens with zero attached hydrogens (tertiary/aromatic N) is 1. The SMILES string of the molecule is O=C1CCC(NC(=O)c2cnccc2Cl)CN1. The van der Waals surface area contributed by atoms with Crippen LogP contribution in [0.15, 0.2) is 18.5 Å². The fourth-order valence-electron chi connectivity index (χ4n) is 1.66. The van der Waals surface area contributed by atoms with Crippen LogP contribution in [0.4, 0.5) is 0 Å². The highest BCUT2D eigenvalue weighted by Gasteiger charge is 2.21. The third-order valence-electron chi connectivity index (χ3n) is 2.61. The molecule has 6 heteroatoms. The van der Waals surface area contributed by atoms with Crippen LogP contribution in [0.1, 0.15) is 23.2 Å². The van der Waals surface area contributed by atoms with Crippen molar-refractivity contribution in [1.29, 1.82) is 0 Å². The van der Waals surface area contributed by atoms with E-state index in [4.69, 9.17) is 11.6 Å². The molecule has 1 aromatic rings. The van der Waals surface area contributed by atoms with Crippen molar-refractivity contribution in [2.75, 3.05) is 6.54 Å². The van der Waals surface area contributed by atoms with Crippen LogP contribution in [-0.2, 0) is 4.79 Å². The van der Waals surface area contributed by atoms with Crippen molar-refractivity contribution < 1.29 is 9.59 Å². The Hall–Kier alpha value is -1.62. The third kappa shape index (κ3) is 2.94. The minimum Gasteiger partial charge on any atom is -0.354 e. The largest absolute Gasteiger partial charge is 0.354 e. The van der Waals surface area contributed by atoms with Crippen molar-refractivity contribution in [3.63, 3.8) is 0 Å². The van der Waals surface area contributed by atoms with Gasteiger partial charge in [-0.1, -0.05) is 11.6 Å². The maximum atomic E-state index is 11.9. The molecule has 2 heterocycles. The Balaban J connectivity index is 1.98. The minimum absolute atomic E-state index is 0.0231. The lowest BCUT2D eigenvalue weighted by Crippen LogP contribution is -2.47. The number of piperidine rings is 1. The molecule has 1 aromatic heterocycles. The number of carbonyl (C=O) groups is 2. The lowest BCUT2D eigenvalue weighted by Gasteiger charge is -2.23. The van der Waals surface area contributed by atoms with Gasteiger partial charge in [0.2, 0.25) is 5.91 Å². The lowest BCUT2D eigenvalue weighted by atomic mass is 10.1. The fraction of sp³-hybridized carbons (Fsp3) is 0.364. The number of amides is 2. The Morgan fingerprint density at radius 1 is 1.59 bits per heavy atom. The summed E-state index contributed by atoms with van der Waals surface area (Å²) in [5.41, 5.74) is 0.353. The molecule has 2 rings (SSSR count). The summed E-state index contributed by atoms with van der Waals surface area (Å²) in [7, 11) is 0. The molecule has 1 saturated heterocycles. The van der Waals surface area contributed by atoms with Crippen molar-refractivity contribution in [3.8, 4) is 0 Å². The monoisotopic (exact) mass is 253 g/mol. The number of carbonyl (C=O) groups excluding carboxylic acids is 2. The van der Waals surface area contributed by atoms with Gasteiger partial charge >= 0.3 is 0 Å². The first-order chi connectivity index (χ1) is 8.16. The van der Waals surface area contributed by atoms with Gasteiger partial charge in [-0.2, -0.15) is 0 Å². The van der Waals surface area contributed by atoms with Crippen LogP contribution in [0.3, 0.4) is 0 Å². The van der Waals surface area contributed by atoms with E-state index in [1.54, 1.807) is 6.07 Å². The Kier molecular flexibility index (Phi) is 3.58. The van der Waals surface area contributed by atoms with Gasteiger partial charge in [0.1, 0.15) is 0 Å². The fourth-order valence-corrected chi connectivity index (χ4v) is 1.85. The van der Waals surface area contributed by atoms with Crippen molar-refractivity contribution in [2.45, 2.75) is 18.9 Å². The maximum Gasteiger partial charge on any atom is 0.254 e. The molecule has 17 heavy (non-hydrogen) atoms. The average molecular weight is 254 g/mol. The first-order valence-electron chi connectivity index (χ1n) is 5.34. The summed E-state index contributed by atoms with van der Waals surface area (Å²) in [5, 5.41) is 5.89. The number of halogens is 1. The number of hydrogen-bond donors (Lipinski definition) is 2. The van der Waals surface area contributed by atoms with Crippen molar-refractivity contribution in [3.05, 3.63) is 29.0 Å². The quantitative estimate of drug-likeness (QED) is 0.817. The first kappa shape index (κ1) is 11.9. The maximum absolute atomic E-state index is 11.9. The molecule has 1 atom stereocenters. The summed E-state index contributed by atoms with van der Waals surface area (Å²) in [5.74, 6) is -0.237. The molecule has 1 unspecified atom stereocenters. The van der Waals surface area contributed by atoms with Crippen LogP contribution in [0.25, 0.3) is 0 Å². The summed E-state index contributed by atoms with van der Waals surface area (Å²) in [4.78, 5) is 26.7. The van der Waals surface area contributed by atoms with Crippen LogP contribution < -0.4 is 10.6 Å². The van der Waals surface area contributed by atoms with E-state index in [-0.39, 0.29) is 17.9 Å². The lowest BCUT2D eigenvalue weighted by molar-refractivity contribution is -0.122. The summed E-state index contributed by atoms with van der Waals surface area (Å²) >= 11 is 5.89. The highest BCUT2D eigenvalue weighted by atomic mass is 35.5. The number of rotatable bonds is 2. The van der Waals surface area contributed by atoms with Crippen LogP contribution in [-0.4, -0.2) is 29.4 Å². The Labute approximate surface area is 104 Å². The Bertz CT molecular complexity index is 440. The van der Waals surface area contributed by atoms with Crippen LogP contribution in [0.2, 0.25) is 5.02 Å². The van der Waals surface area contributed by atoms with E-state index in [1.807, 2.05) is 0 Å². The Morgan fingerprint density at radius 2 is 2.41 bits per heavy atom. The standard InChI is InChI=1S/C11H12ClN3O2/c12-9-3-4-13-6-8(9)11(17)15-7-1-2-10(16)14-5-7/h3-4,6-7H,1-2,5H2,(H,14,16)(H,15,17). The van der Waals surface area contributed by atoms with E-state index >= 15 is 0 Å². The predicted octanol–water partition coefficient (Wildman–Crippen LogP) is 0.743. The Morgan fingerprint density at radius 3 is 3.06 bits per heavy atom. The smallest absolute Gasteiger partial charge is 0.254 e. The molecule has 2 N–H and O–H groups in total. The van der Waals surface area contributed by atoms with Gasteiger partial charge in [0, 0.05) is 31.4 Å². The molecule has 0 aliphatic carbocycles. The number of pyridine rings is 1. The van der Waals surface area contributed by atoms with E-state index < -0.39 is 0 Å². The average Bonchev–Trinajstić information content (AvgIpc) is 2.32. The zero-order valence-electron chi connectivity index (χ0n) is 9.07. The molecule has 90 valence electrons. The molecule has 2 amide bonds. The van der Waals surface area contributed by atoms with Gasteiger partial charge in [-0.3, -0.25) is 14.6 Å². The summed E-state index contributed by atoms with van der Waals surface area (Å²) < 4.78 is 0. The van der Waals surface area contributed by atoms with Crippen molar-refractivity contribution in [2.24, 2.45) is 0 Å². The highest BCUT2D eigenvalue weighted by molar-refractivity contribution is 6.33. The van der Waals surface area contributed by atoms with Gasteiger partial charge in [0.05, 0.1) is 10.6 Å². The number of aromatic nitrogens is 1. The van der Waals surface area contributed by atoms with Gasteiger partial charge in [-0.15, -0.1) is 0 Å². The predicted molar refractivity (Wildman–Crippen MR) is 62.7 cm³/mol. The van der Waals surface area contributed by atoms with Gasteiger partial charge < -0.3 is 10.6 Å². The van der Waals surface area contributed by atoms with Crippen molar-refractivity contribution in [1.82, 2.24) is 15.6 Å². The normalized spacial score (nSPS) is 19.6. The van der Waals surface area contributed by atoms with E-state index in [9.17, 15) is 9.59 Å². The molecule has 1 aliphatic rings. The molecular weight excluding hydrogens is 242 g/mol. The molecular formula is C11H12ClN3O2. The minimum atomic E-state index is -0.260. The van der Waals surface area contributed by atoms with Crippen LogP contribution >= 0.6 is 11.6 Å². The molecule has 1 fully saturated rings. The number of hydrogen-bond acceptors (Lipinski definition) is 3. The summed E-state index contributed by atoms with van der Waals surface area (Å²) in [6, 6.07) is 1.52. The molecule has 0 aromatic carbocycles. The second-order valence-corrected chi connectivity index (χ2v) is 4.28. The van der Waals surface area contributed by atoms with Crippen LogP contribution in [0.5, 0.6) is 0 Å². The van der Waals surface area contributed by atoms with E-state index in [0.29, 0.717) is 30.0 Å². The van der Waals surface area contributed by atoms with E-state index in [2.05, 4.69) is 15.6 Å². The van der Waals surface area contributed by atoms with Crippen LogP contribution in [0, 0.1) is 0 Å². The summed E-state index contributed by atoms with van der Waals surface area (Å²) in [6.07, 6.45) is 4.04. The second-order valence-electron chi connectivity index (χ2n) is 3.87. The second kappa shape index (κ2) is 5.14.